The Morgan fingerprint density at radius 1 is 1.53 bits per heavy atom. The molecule has 0 aliphatic rings. The lowest BCUT2D eigenvalue weighted by molar-refractivity contribution is 0.0597. The monoisotopic (exact) mass is 295 g/mol. The Kier molecular flexibility index (Phi) is 4.39. The van der Waals surface area contributed by atoms with E-state index in [9.17, 15) is 4.79 Å². The highest BCUT2D eigenvalue weighted by Gasteiger charge is 2.15. The van der Waals surface area contributed by atoms with Crippen molar-refractivity contribution in [3.05, 3.63) is 29.6 Å². The van der Waals surface area contributed by atoms with Gasteiger partial charge in [-0.15, -0.1) is 0 Å². The van der Waals surface area contributed by atoms with Crippen LogP contribution in [0.5, 0.6) is 0 Å². The van der Waals surface area contributed by atoms with E-state index < -0.39 is 5.97 Å². The van der Waals surface area contributed by atoms with Crippen molar-refractivity contribution in [3.63, 3.8) is 0 Å². The third kappa shape index (κ3) is 3.24. The van der Waals surface area contributed by atoms with Crippen molar-refractivity contribution in [2.45, 2.75) is 22.6 Å². The highest BCUT2D eigenvalue weighted by molar-refractivity contribution is 8.01. The average molecular weight is 295 g/mol. The van der Waals surface area contributed by atoms with Gasteiger partial charge in [0.2, 0.25) is 0 Å². The zero-order valence-corrected chi connectivity index (χ0v) is 12.2. The standard InChI is InChI=1S/C12H13N3O2S2/c1-3-10-14-12(19-15-10)18-9-5-4-7(13)6-8(9)11(16)17-2/h4-6H,3,13H2,1-2H3. The van der Waals surface area contributed by atoms with Crippen molar-refractivity contribution in [2.24, 2.45) is 0 Å². The Bertz CT molecular complexity index is 598. The van der Waals surface area contributed by atoms with E-state index in [4.69, 9.17) is 10.5 Å². The molecule has 2 rings (SSSR count). The van der Waals surface area contributed by atoms with Crippen LogP contribution in [0.3, 0.4) is 0 Å². The summed E-state index contributed by atoms with van der Waals surface area (Å²) in [7, 11) is 1.35. The molecule has 0 radical (unpaired) electrons. The van der Waals surface area contributed by atoms with Gasteiger partial charge < -0.3 is 10.5 Å². The van der Waals surface area contributed by atoms with Crippen molar-refractivity contribution in [1.82, 2.24) is 9.36 Å². The second kappa shape index (κ2) is 6.03. The fourth-order valence-corrected chi connectivity index (χ4v) is 3.18. The topological polar surface area (TPSA) is 78.1 Å². The zero-order chi connectivity index (χ0) is 13.8. The van der Waals surface area contributed by atoms with Crippen LogP contribution in [0.15, 0.2) is 27.4 Å². The van der Waals surface area contributed by atoms with Gasteiger partial charge in [-0.1, -0.05) is 18.7 Å². The van der Waals surface area contributed by atoms with Crippen molar-refractivity contribution in [2.75, 3.05) is 12.8 Å². The van der Waals surface area contributed by atoms with Crippen molar-refractivity contribution in [1.29, 1.82) is 0 Å². The summed E-state index contributed by atoms with van der Waals surface area (Å²) in [6.07, 6.45) is 0.794. The van der Waals surface area contributed by atoms with Crippen molar-refractivity contribution >= 4 is 35.0 Å². The molecule has 5 nitrogen and oxygen atoms in total. The van der Waals surface area contributed by atoms with E-state index in [0.29, 0.717) is 11.3 Å². The number of nitrogens with two attached hydrogens (primary N) is 1. The summed E-state index contributed by atoms with van der Waals surface area (Å²) in [6, 6.07) is 5.14. The lowest BCUT2D eigenvalue weighted by Crippen LogP contribution is -2.04. The second-order valence-electron chi connectivity index (χ2n) is 3.68. The molecule has 0 bridgehead atoms. The van der Waals surface area contributed by atoms with Gasteiger partial charge in [-0.3, -0.25) is 0 Å². The van der Waals surface area contributed by atoms with Gasteiger partial charge >= 0.3 is 5.97 Å². The molecule has 0 aliphatic heterocycles. The Labute approximate surface area is 119 Å². The van der Waals surface area contributed by atoms with Gasteiger partial charge in [0, 0.05) is 17.0 Å². The first-order valence-corrected chi connectivity index (χ1v) is 7.21. The summed E-state index contributed by atoms with van der Waals surface area (Å²) >= 11 is 2.71. The van der Waals surface area contributed by atoms with Crippen LogP contribution in [0.1, 0.15) is 23.1 Å². The number of carbonyl (C=O) groups is 1. The first-order chi connectivity index (χ1) is 9.13. The van der Waals surface area contributed by atoms with Gasteiger partial charge in [0.15, 0.2) is 4.34 Å². The fourth-order valence-electron chi connectivity index (χ4n) is 1.42. The molecule has 0 unspecified atom stereocenters. The Hall–Kier alpha value is -1.60. The van der Waals surface area contributed by atoms with Crippen LogP contribution in [0.4, 0.5) is 5.69 Å². The molecule has 1 aromatic carbocycles. The number of anilines is 1. The molecule has 2 N–H and O–H groups in total. The molecule has 0 amide bonds. The number of aryl methyl sites for hydroxylation is 1. The maximum Gasteiger partial charge on any atom is 0.339 e. The molecule has 0 aliphatic carbocycles. The number of benzene rings is 1. The van der Waals surface area contributed by atoms with Crippen LogP contribution in [0.2, 0.25) is 0 Å². The summed E-state index contributed by atoms with van der Waals surface area (Å²) in [5.41, 5.74) is 6.67. The van der Waals surface area contributed by atoms with E-state index in [1.807, 2.05) is 6.92 Å². The van der Waals surface area contributed by atoms with Gasteiger partial charge in [-0.2, -0.15) is 4.37 Å². The SMILES string of the molecule is CCc1nsc(Sc2ccc(N)cc2C(=O)OC)n1. The summed E-state index contributed by atoms with van der Waals surface area (Å²) in [4.78, 5) is 16.8. The van der Waals surface area contributed by atoms with E-state index in [0.717, 1.165) is 21.5 Å². The largest absolute Gasteiger partial charge is 0.465 e. The van der Waals surface area contributed by atoms with Gasteiger partial charge in [0.05, 0.1) is 12.7 Å². The maximum atomic E-state index is 11.7. The van der Waals surface area contributed by atoms with E-state index >= 15 is 0 Å². The molecule has 0 atom stereocenters. The normalized spacial score (nSPS) is 10.4. The number of carbonyl (C=O) groups excluding carboxylic acids is 1. The second-order valence-corrected chi connectivity index (χ2v) is 5.72. The summed E-state index contributed by atoms with van der Waals surface area (Å²) in [5, 5.41) is 0. The molecule has 0 saturated carbocycles. The summed E-state index contributed by atoms with van der Waals surface area (Å²) < 4.78 is 9.77. The fraction of sp³-hybridized carbons (Fsp3) is 0.250. The van der Waals surface area contributed by atoms with Gasteiger partial charge in [0.1, 0.15) is 5.82 Å². The minimum Gasteiger partial charge on any atom is -0.465 e. The van der Waals surface area contributed by atoms with Crippen LogP contribution < -0.4 is 5.73 Å². The number of esters is 1. The van der Waals surface area contributed by atoms with Crippen molar-refractivity contribution < 1.29 is 9.53 Å². The van der Waals surface area contributed by atoms with Crippen LogP contribution in [-0.2, 0) is 11.2 Å². The average Bonchev–Trinajstić information content (AvgIpc) is 2.87. The smallest absolute Gasteiger partial charge is 0.339 e. The first kappa shape index (κ1) is 13.8. The van der Waals surface area contributed by atoms with Crippen LogP contribution in [0, 0.1) is 0 Å². The van der Waals surface area contributed by atoms with Gasteiger partial charge in [-0.25, -0.2) is 9.78 Å². The number of hydrogen-bond acceptors (Lipinski definition) is 7. The van der Waals surface area contributed by atoms with Crippen LogP contribution >= 0.6 is 23.3 Å². The molecule has 100 valence electrons. The Morgan fingerprint density at radius 3 is 2.95 bits per heavy atom. The maximum absolute atomic E-state index is 11.7. The van der Waals surface area contributed by atoms with Crippen LogP contribution in [-0.4, -0.2) is 22.4 Å². The third-order valence-corrected chi connectivity index (χ3v) is 4.24. The number of hydrogen-bond donors (Lipinski definition) is 1. The number of ether oxygens (including phenoxy) is 1. The molecule has 0 saturated heterocycles. The van der Waals surface area contributed by atoms with Gasteiger partial charge in [0.25, 0.3) is 0 Å². The predicted octanol–water partition coefficient (Wildman–Crippen LogP) is 2.62. The van der Waals surface area contributed by atoms with E-state index in [-0.39, 0.29) is 0 Å². The summed E-state index contributed by atoms with van der Waals surface area (Å²) in [6.45, 7) is 2.00. The molecule has 2 aromatic rings. The van der Waals surface area contributed by atoms with E-state index in [1.165, 1.54) is 30.4 Å². The molecule has 7 heteroatoms. The van der Waals surface area contributed by atoms with E-state index in [2.05, 4.69) is 9.36 Å². The molecule has 1 aromatic heterocycles. The Balaban J connectivity index is 2.31. The quantitative estimate of drug-likeness (QED) is 0.690. The molecular formula is C12H13N3O2S2. The predicted molar refractivity (Wildman–Crippen MR) is 75.6 cm³/mol. The van der Waals surface area contributed by atoms with Crippen molar-refractivity contribution in [3.8, 4) is 0 Å². The molecule has 1 heterocycles. The Morgan fingerprint density at radius 2 is 2.32 bits per heavy atom. The lowest BCUT2D eigenvalue weighted by Gasteiger charge is -2.06. The minimum atomic E-state index is -0.407. The third-order valence-electron chi connectivity index (χ3n) is 2.37. The molecular weight excluding hydrogens is 282 g/mol. The molecule has 0 spiro atoms. The first-order valence-electron chi connectivity index (χ1n) is 5.62. The number of rotatable bonds is 4. The summed E-state index contributed by atoms with van der Waals surface area (Å²) in [5.74, 6) is 0.401. The minimum absolute atomic E-state index is 0.407. The zero-order valence-electron chi connectivity index (χ0n) is 10.5. The molecule has 19 heavy (non-hydrogen) atoms. The lowest BCUT2D eigenvalue weighted by atomic mass is 10.2. The number of nitrogens with zero attached hydrogens (tertiary/aromatic N) is 2. The van der Waals surface area contributed by atoms with Gasteiger partial charge in [-0.05, 0) is 29.7 Å². The number of nitrogen functional groups attached to an aromatic ring is 1. The molecule has 0 fully saturated rings. The van der Waals surface area contributed by atoms with E-state index in [1.54, 1.807) is 18.2 Å². The highest BCUT2D eigenvalue weighted by Crippen LogP contribution is 2.33. The van der Waals surface area contributed by atoms with Crippen LogP contribution in [0.25, 0.3) is 0 Å². The number of methoxy groups -OCH3 is 1. The number of aromatic nitrogens is 2. The highest BCUT2D eigenvalue weighted by atomic mass is 32.2.